The Kier molecular flexibility index (Phi) is 5.32. The number of benzene rings is 1. The number of aromatic nitrogens is 1. The van der Waals surface area contributed by atoms with Gasteiger partial charge in [-0.2, -0.15) is 0 Å². The molecule has 1 aromatic heterocycles. The summed E-state index contributed by atoms with van der Waals surface area (Å²) in [5.74, 6) is 2.04. The molecule has 2 aromatic rings. The van der Waals surface area contributed by atoms with Gasteiger partial charge in [-0.15, -0.1) is 0 Å². The number of hydrogen-bond donors (Lipinski definition) is 1. The van der Waals surface area contributed by atoms with Gasteiger partial charge >= 0.3 is 0 Å². The first-order valence-corrected chi connectivity index (χ1v) is 7.60. The minimum atomic E-state index is -0.159. The highest BCUT2D eigenvalue weighted by molar-refractivity contribution is 7.99. The highest BCUT2D eigenvalue weighted by Gasteiger charge is 2.10. The van der Waals surface area contributed by atoms with Crippen LogP contribution in [0.1, 0.15) is 11.5 Å². The Morgan fingerprint density at radius 3 is 2.36 bits per heavy atom. The van der Waals surface area contributed by atoms with Crippen LogP contribution in [0.2, 0.25) is 0 Å². The third-order valence-corrected chi connectivity index (χ3v) is 3.80. The van der Waals surface area contributed by atoms with Crippen molar-refractivity contribution in [3.8, 4) is 11.5 Å². The van der Waals surface area contributed by atoms with Crippen molar-refractivity contribution in [1.82, 2.24) is 4.98 Å². The first-order chi connectivity index (χ1) is 10.5. The second-order valence-corrected chi connectivity index (χ2v) is 5.49. The maximum atomic E-state index is 12.0. The number of carbonyl (C=O) groups excluding carboxylic acids is 1. The number of thioether (sulfide) groups is 1. The summed E-state index contributed by atoms with van der Waals surface area (Å²) in [6.45, 7) is 3.71. The summed E-state index contributed by atoms with van der Waals surface area (Å²) in [6.07, 6.45) is 0. The molecule has 2 rings (SSSR count). The maximum Gasteiger partial charge on any atom is 0.256 e. The van der Waals surface area contributed by atoms with Crippen LogP contribution in [-0.2, 0) is 4.79 Å². The van der Waals surface area contributed by atoms with E-state index in [0.717, 1.165) is 11.5 Å². The molecule has 118 valence electrons. The van der Waals surface area contributed by atoms with Crippen LogP contribution in [0, 0.1) is 13.8 Å². The molecule has 1 aromatic carbocycles. The van der Waals surface area contributed by atoms with E-state index in [-0.39, 0.29) is 11.7 Å². The number of oxazole rings is 1. The molecule has 0 radical (unpaired) electrons. The number of ether oxygens (including phenoxy) is 2. The molecule has 1 N–H and O–H groups in total. The maximum absolute atomic E-state index is 12.0. The summed E-state index contributed by atoms with van der Waals surface area (Å²) in [5.41, 5.74) is 1.45. The molecule has 0 atom stereocenters. The van der Waals surface area contributed by atoms with E-state index >= 15 is 0 Å². The minimum Gasteiger partial charge on any atom is -0.497 e. The van der Waals surface area contributed by atoms with Gasteiger partial charge in [-0.1, -0.05) is 11.8 Å². The van der Waals surface area contributed by atoms with Crippen LogP contribution in [0.3, 0.4) is 0 Å². The Morgan fingerprint density at radius 1 is 1.23 bits per heavy atom. The minimum absolute atomic E-state index is 0.159. The molecule has 0 aliphatic heterocycles. The Labute approximate surface area is 133 Å². The summed E-state index contributed by atoms with van der Waals surface area (Å²) in [5, 5.41) is 3.29. The van der Waals surface area contributed by atoms with Gasteiger partial charge < -0.3 is 19.2 Å². The molecule has 0 saturated heterocycles. The van der Waals surface area contributed by atoms with Gasteiger partial charge in [0.2, 0.25) is 5.91 Å². The summed E-state index contributed by atoms with van der Waals surface area (Å²) in [7, 11) is 3.12. The molecule has 7 heteroatoms. The fourth-order valence-corrected chi connectivity index (χ4v) is 2.42. The lowest BCUT2D eigenvalue weighted by molar-refractivity contribution is -0.113. The van der Waals surface area contributed by atoms with E-state index in [1.165, 1.54) is 11.8 Å². The van der Waals surface area contributed by atoms with Gasteiger partial charge in [0.05, 0.1) is 25.7 Å². The average Bonchev–Trinajstić information content (AvgIpc) is 2.83. The Balaban J connectivity index is 1.96. The van der Waals surface area contributed by atoms with Gasteiger partial charge in [0.25, 0.3) is 5.22 Å². The topological polar surface area (TPSA) is 73.6 Å². The normalized spacial score (nSPS) is 10.4. The Bertz CT molecular complexity index is 628. The second kappa shape index (κ2) is 7.22. The van der Waals surface area contributed by atoms with Crippen LogP contribution in [0.5, 0.6) is 11.5 Å². The molecular weight excluding hydrogens is 304 g/mol. The SMILES string of the molecule is COc1cc(NC(=O)CSc2nc(C)c(C)o2)cc(OC)c1. The molecule has 1 amide bonds. The molecule has 0 aliphatic carbocycles. The number of anilines is 1. The number of carbonyl (C=O) groups is 1. The van der Waals surface area contributed by atoms with E-state index in [1.54, 1.807) is 32.4 Å². The molecule has 22 heavy (non-hydrogen) atoms. The predicted octanol–water partition coefficient (Wildman–Crippen LogP) is 3.04. The highest BCUT2D eigenvalue weighted by Crippen LogP contribution is 2.26. The van der Waals surface area contributed by atoms with Crippen LogP contribution in [0.25, 0.3) is 0 Å². The molecule has 0 spiro atoms. The zero-order valence-electron chi connectivity index (χ0n) is 12.9. The van der Waals surface area contributed by atoms with Crippen LogP contribution < -0.4 is 14.8 Å². The summed E-state index contributed by atoms with van der Waals surface area (Å²) >= 11 is 1.25. The zero-order valence-corrected chi connectivity index (χ0v) is 13.7. The number of nitrogens with zero attached hydrogens (tertiary/aromatic N) is 1. The number of aryl methyl sites for hydroxylation is 2. The zero-order chi connectivity index (χ0) is 16.1. The number of methoxy groups -OCH3 is 2. The Morgan fingerprint density at radius 2 is 1.86 bits per heavy atom. The van der Waals surface area contributed by atoms with Gasteiger partial charge in [-0.25, -0.2) is 4.98 Å². The number of hydrogen-bond acceptors (Lipinski definition) is 6. The van der Waals surface area contributed by atoms with Crippen molar-refractivity contribution in [2.24, 2.45) is 0 Å². The lowest BCUT2D eigenvalue weighted by Crippen LogP contribution is -2.14. The van der Waals surface area contributed by atoms with E-state index in [0.29, 0.717) is 22.4 Å². The molecule has 0 saturated carbocycles. The van der Waals surface area contributed by atoms with E-state index in [1.807, 2.05) is 13.8 Å². The van der Waals surface area contributed by atoms with Crippen molar-refractivity contribution in [2.75, 3.05) is 25.3 Å². The number of rotatable bonds is 6. The lowest BCUT2D eigenvalue weighted by Gasteiger charge is -2.09. The molecular formula is C15H18N2O4S. The van der Waals surface area contributed by atoms with Crippen molar-refractivity contribution < 1.29 is 18.7 Å². The third kappa shape index (κ3) is 4.17. The fourth-order valence-electron chi connectivity index (χ4n) is 1.71. The van der Waals surface area contributed by atoms with E-state index < -0.39 is 0 Å². The van der Waals surface area contributed by atoms with Crippen molar-refractivity contribution in [2.45, 2.75) is 19.1 Å². The third-order valence-electron chi connectivity index (χ3n) is 2.97. The van der Waals surface area contributed by atoms with Gasteiger partial charge in [-0.3, -0.25) is 4.79 Å². The average molecular weight is 322 g/mol. The van der Waals surface area contributed by atoms with Gasteiger partial charge in [-0.05, 0) is 13.8 Å². The van der Waals surface area contributed by atoms with Crippen molar-refractivity contribution in [1.29, 1.82) is 0 Å². The van der Waals surface area contributed by atoms with Crippen molar-refractivity contribution in [3.05, 3.63) is 29.7 Å². The van der Waals surface area contributed by atoms with Crippen molar-refractivity contribution >= 4 is 23.4 Å². The Hall–Kier alpha value is -2.15. The van der Waals surface area contributed by atoms with Crippen LogP contribution in [0.15, 0.2) is 27.8 Å². The van der Waals surface area contributed by atoms with Gasteiger partial charge in [0.1, 0.15) is 17.3 Å². The van der Waals surface area contributed by atoms with Crippen LogP contribution in [-0.4, -0.2) is 30.9 Å². The molecule has 6 nitrogen and oxygen atoms in total. The first-order valence-electron chi connectivity index (χ1n) is 6.61. The second-order valence-electron chi connectivity index (χ2n) is 4.56. The standard InChI is InChI=1S/C15H18N2O4S/c1-9-10(2)21-15(16-9)22-8-14(18)17-11-5-12(19-3)7-13(6-11)20-4/h5-7H,8H2,1-4H3,(H,17,18). The largest absolute Gasteiger partial charge is 0.497 e. The van der Waals surface area contributed by atoms with E-state index in [9.17, 15) is 4.79 Å². The molecule has 0 fully saturated rings. The number of amides is 1. The van der Waals surface area contributed by atoms with Gasteiger partial charge in [0.15, 0.2) is 0 Å². The summed E-state index contributed by atoms with van der Waals surface area (Å²) < 4.78 is 15.7. The molecule has 0 aliphatic rings. The highest BCUT2D eigenvalue weighted by atomic mass is 32.2. The summed E-state index contributed by atoms with van der Waals surface area (Å²) in [4.78, 5) is 16.2. The lowest BCUT2D eigenvalue weighted by atomic mass is 10.2. The smallest absolute Gasteiger partial charge is 0.256 e. The van der Waals surface area contributed by atoms with Crippen LogP contribution >= 0.6 is 11.8 Å². The fraction of sp³-hybridized carbons (Fsp3) is 0.333. The van der Waals surface area contributed by atoms with Crippen molar-refractivity contribution in [3.63, 3.8) is 0 Å². The predicted molar refractivity (Wildman–Crippen MR) is 84.9 cm³/mol. The monoisotopic (exact) mass is 322 g/mol. The molecule has 1 heterocycles. The first kappa shape index (κ1) is 16.2. The van der Waals surface area contributed by atoms with E-state index in [4.69, 9.17) is 13.9 Å². The quantitative estimate of drug-likeness (QED) is 0.824. The summed E-state index contributed by atoms with van der Waals surface area (Å²) in [6, 6.07) is 5.19. The van der Waals surface area contributed by atoms with Crippen LogP contribution in [0.4, 0.5) is 5.69 Å². The number of nitrogens with one attached hydrogen (secondary N) is 1. The molecule has 0 unspecified atom stereocenters. The van der Waals surface area contributed by atoms with E-state index in [2.05, 4.69) is 10.3 Å². The molecule has 0 bridgehead atoms. The van der Waals surface area contributed by atoms with Gasteiger partial charge in [0, 0.05) is 23.9 Å².